The molecule has 1 saturated carbocycles. The fourth-order valence-corrected chi connectivity index (χ4v) is 5.06. The minimum atomic E-state index is -1.03. The van der Waals surface area contributed by atoms with Crippen molar-refractivity contribution in [3.63, 3.8) is 0 Å². The fourth-order valence-electron chi connectivity index (χ4n) is 4.17. The van der Waals surface area contributed by atoms with Crippen LogP contribution < -0.4 is 10.6 Å². The van der Waals surface area contributed by atoms with Gasteiger partial charge in [-0.25, -0.2) is 0 Å². The molecule has 0 aromatic heterocycles. The predicted octanol–water partition coefficient (Wildman–Crippen LogP) is 7.33. The van der Waals surface area contributed by atoms with E-state index < -0.39 is 8.91 Å². The standard InChI is InChI=1S/C24H30Cl4N2/c25-23(26,21-7-3-1-4-8-21)29-17-15-19-11-13-20(14-12-19)16-18-30-24(27,28)22-9-5-2-6-10-22/h1-10,19-20,29-30H,11-18H2. The van der Waals surface area contributed by atoms with E-state index in [1.165, 1.54) is 25.7 Å². The molecule has 30 heavy (non-hydrogen) atoms. The van der Waals surface area contributed by atoms with Gasteiger partial charge in [0, 0.05) is 11.1 Å². The van der Waals surface area contributed by atoms with E-state index in [4.69, 9.17) is 46.4 Å². The van der Waals surface area contributed by atoms with E-state index in [2.05, 4.69) is 10.6 Å². The average Bonchev–Trinajstić information content (AvgIpc) is 2.76. The summed E-state index contributed by atoms with van der Waals surface area (Å²) in [6, 6.07) is 19.5. The summed E-state index contributed by atoms with van der Waals surface area (Å²) in [4.78, 5) is 0. The maximum atomic E-state index is 6.47. The number of benzene rings is 2. The number of alkyl halides is 4. The van der Waals surface area contributed by atoms with Crippen LogP contribution in [0.15, 0.2) is 60.7 Å². The van der Waals surface area contributed by atoms with Crippen molar-refractivity contribution in [2.24, 2.45) is 11.8 Å². The van der Waals surface area contributed by atoms with E-state index >= 15 is 0 Å². The second kappa shape index (κ2) is 11.4. The highest BCUT2D eigenvalue weighted by Crippen LogP contribution is 2.35. The maximum Gasteiger partial charge on any atom is 0.194 e. The summed E-state index contributed by atoms with van der Waals surface area (Å²) in [5, 5.41) is 6.58. The fraction of sp³-hybridized carbons (Fsp3) is 0.500. The Hall–Kier alpha value is -0.480. The molecule has 1 fully saturated rings. The summed E-state index contributed by atoms with van der Waals surface area (Å²) in [5.41, 5.74) is 1.77. The zero-order chi connectivity index (χ0) is 21.5. The SMILES string of the molecule is ClC(Cl)(NCCC1CCC(CCNC(Cl)(Cl)c2ccccc2)CC1)c1ccccc1. The Morgan fingerprint density at radius 2 is 0.933 bits per heavy atom. The number of rotatable bonds is 10. The van der Waals surface area contributed by atoms with E-state index in [1.807, 2.05) is 60.7 Å². The molecule has 0 aliphatic heterocycles. The molecule has 2 N–H and O–H groups in total. The minimum absolute atomic E-state index is 0.728. The van der Waals surface area contributed by atoms with Gasteiger partial charge in [-0.05, 0) is 37.8 Å². The van der Waals surface area contributed by atoms with E-state index in [0.717, 1.165) is 48.9 Å². The van der Waals surface area contributed by atoms with Gasteiger partial charge in [0.25, 0.3) is 0 Å². The molecule has 1 aliphatic rings. The average molecular weight is 488 g/mol. The Balaban J connectivity index is 1.32. The van der Waals surface area contributed by atoms with Crippen LogP contribution in [0.4, 0.5) is 0 Å². The molecule has 0 heterocycles. The molecule has 0 radical (unpaired) electrons. The third kappa shape index (κ3) is 7.29. The first kappa shape index (κ1) is 24.2. The molecule has 1 aliphatic carbocycles. The van der Waals surface area contributed by atoms with Gasteiger partial charge in [0.15, 0.2) is 8.91 Å². The van der Waals surface area contributed by atoms with Gasteiger partial charge in [-0.1, -0.05) is 133 Å². The normalized spacial score (nSPS) is 20.3. The largest absolute Gasteiger partial charge is 0.282 e. The van der Waals surface area contributed by atoms with E-state index in [-0.39, 0.29) is 0 Å². The predicted molar refractivity (Wildman–Crippen MR) is 130 cm³/mol. The zero-order valence-corrected chi connectivity index (χ0v) is 20.1. The quantitative estimate of drug-likeness (QED) is 0.270. The molecule has 2 aromatic rings. The van der Waals surface area contributed by atoms with Gasteiger partial charge in [0.05, 0.1) is 0 Å². The monoisotopic (exact) mass is 486 g/mol. The molecular formula is C24H30Cl4N2. The van der Waals surface area contributed by atoms with Crippen molar-refractivity contribution in [2.45, 2.75) is 47.4 Å². The molecule has 0 amide bonds. The first-order chi connectivity index (χ1) is 14.4. The molecule has 164 valence electrons. The van der Waals surface area contributed by atoms with Crippen LogP contribution in [0.3, 0.4) is 0 Å². The van der Waals surface area contributed by atoms with E-state index in [9.17, 15) is 0 Å². The van der Waals surface area contributed by atoms with Crippen molar-refractivity contribution in [1.29, 1.82) is 0 Å². The summed E-state index contributed by atoms with van der Waals surface area (Å²) in [6.07, 6.45) is 7.20. The van der Waals surface area contributed by atoms with E-state index in [0.29, 0.717) is 0 Å². The molecule has 2 aromatic carbocycles. The maximum absolute atomic E-state index is 6.47. The van der Waals surface area contributed by atoms with Gasteiger partial charge in [-0.2, -0.15) is 0 Å². The Bertz CT molecular complexity index is 679. The summed E-state index contributed by atoms with van der Waals surface area (Å²) >= 11 is 25.9. The summed E-state index contributed by atoms with van der Waals surface area (Å²) in [5.74, 6) is 1.46. The number of hydrogen-bond acceptors (Lipinski definition) is 2. The van der Waals surface area contributed by atoms with Crippen molar-refractivity contribution >= 4 is 46.4 Å². The molecule has 6 heteroatoms. The molecule has 0 saturated heterocycles. The molecule has 0 atom stereocenters. The summed E-state index contributed by atoms with van der Waals surface area (Å²) in [7, 11) is 0. The van der Waals surface area contributed by atoms with Crippen LogP contribution in [0.25, 0.3) is 0 Å². The number of halogens is 4. The van der Waals surface area contributed by atoms with Gasteiger partial charge in [-0.15, -0.1) is 0 Å². The molecule has 0 bridgehead atoms. The number of nitrogens with one attached hydrogen (secondary N) is 2. The van der Waals surface area contributed by atoms with Gasteiger partial charge < -0.3 is 0 Å². The van der Waals surface area contributed by atoms with Crippen LogP contribution in [0.1, 0.15) is 49.7 Å². The third-order valence-electron chi connectivity index (χ3n) is 6.04. The van der Waals surface area contributed by atoms with Crippen LogP contribution in [0.2, 0.25) is 0 Å². The lowest BCUT2D eigenvalue weighted by molar-refractivity contribution is 0.248. The second-order valence-corrected chi connectivity index (χ2v) is 10.9. The van der Waals surface area contributed by atoms with Crippen molar-refractivity contribution in [3.05, 3.63) is 71.8 Å². The van der Waals surface area contributed by atoms with Gasteiger partial charge in [0.2, 0.25) is 0 Å². The first-order valence-corrected chi connectivity index (χ1v) is 12.2. The Kier molecular flexibility index (Phi) is 9.19. The third-order valence-corrected chi connectivity index (χ3v) is 7.45. The summed E-state index contributed by atoms with van der Waals surface area (Å²) in [6.45, 7) is 1.63. The van der Waals surface area contributed by atoms with Gasteiger partial charge in [0.1, 0.15) is 0 Å². The highest BCUT2D eigenvalue weighted by molar-refractivity contribution is 6.48. The van der Waals surface area contributed by atoms with Crippen LogP contribution in [-0.4, -0.2) is 13.1 Å². The van der Waals surface area contributed by atoms with Crippen LogP contribution in [0.5, 0.6) is 0 Å². The molecule has 0 spiro atoms. The van der Waals surface area contributed by atoms with Gasteiger partial charge >= 0.3 is 0 Å². The topological polar surface area (TPSA) is 24.1 Å². The molecular weight excluding hydrogens is 458 g/mol. The number of hydrogen-bond donors (Lipinski definition) is 2. The first-order valence-electron chi connectivity index (χ1n) is 10.7. The van der Waals surface area contributed by atoms with Crippen LogP contribution in [-0.2, 0) is 8.91 Å². The molecule has 2 nitrogen and oxygen atoms in total. The van der Waals surface area contributed by atoms with Crippen LogP contribution >= 0.6 is 46.4 Å². The lowest BCUT2D eigenvalue weighted by Gasteiger charge is -2.30. The Labute approximate surface area is 200 Å². The summed E-state index contributed by atoms with van der Waals surface area (Å²) < 4.78 is -2.06. The van der Waals surface area contributed by atoms with Crippen molar-refractivity contribution in [2.75, 3.05) is 13.1 Å². The smallest absolute Gasteiger partial charge is 0.194 e. The minimum Gasteiger partial charge on any atom is -0.282 e. The zero-order valence-electron chi connectivity index (χ0n) is 17.1. The van der Waals surface area contributed by atoms with Crippen molar-refractivity contribution in [3.8, 4) is 0 Å². The van der Waals surface area contributed by atoms with Crippen molar-refractivity contribution < 1.29 is 0 Å². The van der Waals surface area contributed by atoms with Crippen molar-refractivity contribution in [1.82, 2.24) is 10.6 Å². The lowest BCUT2D eigenvalue weighted by Crippen LogP contribution is -2.34. The highest BCUT2D eigenvalue weighted by atomic mass is 35.5. The lowest BCUT2D eigenvalue weighted by atomic mass is 9.79. The van der Waals surface area contributed by atoms with Gasteiger partial charge in [-0.3, -0.25) is 10.6 Å². The Morgan fingerprint density at radius 3 is 1.27 bits per heavy atom. The second-order valence-electron chi connectivity index (χ2n) is 8.20. The highest BCUT2D eigenvalue weighted by Gasteiger charge is 2.28. The Morgan fingerprint density at radius 1 is 0.600 bits per heavy atom. The molecule has 3 rings (SSSR count). The van der Waals surface area contributed by atoms with Crippen LogP contribution in [0, 0.1) is 11.8 Å². The molecule has 0 unspecified atom stereocenters. The van der Waals surface area contributed by atoms with E-state index in [1.54, 1.807) is 0 Å².